The second-order valence-electron chi connectivity index (χ2n) is 5.36. The summed E-state index contributed by atoms with van der Waals surface area (Å²) in [6.07, 6.45) is 6.20. The maximum Gasteiger partial charge on any atom is 0.167 e. The number of Topliss-reactive ketones (excluding diaryl/α,β-unsaturated/α-hetero) is 1. The van der Waals surface area contributed by atoms with E-state index in [0.717, 1.165) is 24.1 Å². The van der Waals surface area contributed by atoms with Crippen molar-refractivity contribution in [3.8, 4) is 0 Å². The number of nitrogens with one attached hydrogen (secondary N) is 1. The van der Waals surface area contributed by atoms with Gasteiger partial charge in [-0.2, -0.15) is 0 Å². The first-order chi connectivity index (χ1) is 8.22. The molecule has 2 fully saturated rings. The summed E-state index contributed by atoms with van der Waals surface area (Å²) in [6.45, 7) is 1.94. The number of hydrogen-bond acceptors (Lipinski definition) is 3. The lowest BCUT2D eigenvalue weighted by Gasteiger charge is -2.28. The quantitative estimate of drug-likeness (QED) is 0.791. The molecule has 0 radical (unpaired) electrons. The fraction of sp³-hybridized carbons (Fsp3) is 0.571. The summed E-state index contributed by atoms with van der Waals surface area (Å²) >= 11 is 0. The van der Waals surface area contributed by atoms with Crippen molar-refractivity contribution in [1.82, 2.24) is 10.3 Å². The largest absolute Gasteiger partial charge is 0.311 e. The van der Waals surface area contributed by atoms with Crippen LogP contribution in [0.2, 0.25) is 0 Å². The summed E-state index contributed by atoms with van der Waals surface area (Å²) < 4.78 is 0. The fourth-order valence-electron chi connectivity index (χ4n) is 3.12. The van der Waals surface area contributed by atoms with Crippen LogP contribution >= 0.6 is 0 Å². The highest BCUT2D eigenvalue weighted by Gasteiger charge is 2.36. The lowest BCUT2D eigenvalue weighted by molar-refractivity contribution is 0.0875. The van der Waals surface area contributed by atoms with Crippen LogP contribution < -0.4 is 5.32 Å². The van der Waals surface area contributed by atoms with E-state index in [4.69, 9.17) is 0 Å². The molecule has 2 aliphatic rings. The molecule has 1 N–H and O–H groups in total. The minimum atomic E-state index is 0.207. The number of aromatic nitrogens is 1. The summed E-state index contributed by atoms with van der Waals surface area (Å²) in [7, 11) is 0. The number of carbonyl (C=O) groups is 1. The molecule has 17 heavy (non-hydrogen) atoms. The van der Waals surface area contributed by atoms with Crippen molar-refractivity contribution in [2.45, 2.75) is 44.7 Å². The summed E-state index contributed by atoms with van der Waals surface area (Å²) in [5.74, 6) is 0.495. The molecule has 2 saturated heterocycles. The van der Waals surface area contributed by atoms with E-state index in [-0.39, 0.29) is 11.7 Å². The van der Waals surface area contributed by atoms with Crippen LogP contribution in [0.4, 0.5) is 0 Å². The Balaban J connectivity index is 1.76. The van der Waals surface area contributed by atoms with Crippen molar-refractivity contribution in [2.24, 2.45) is 5.92 Å². The highest BCUT2D eigenvalue weighted by atomic mass is 16.1. The van der Waals surface area contributed by atoms with Gasteiger partial charge in [0.25, 0.3) is 0 Å². The summed E-state index contributed by atoms with van der Waals surface area (Å²) in [6, 6.07) is 4.97. The third-order valence-electron chi connectivity index (χ3n) is 4.04. The summed E-state index contributed by atoms with van der Waals surface area (Å²) in [5, 5.41) is 3.57. The number of carbonyl (C=O) groups excluding carboxylic acids is 1. The van der Waals surface area contributed by atoms with E-state index in [2.05, 4.69) is 10.3 Å². The lowest BCUT2D eigenvalue weighted by Crippen LogP contribution is -2.40. The molecule has 3 rings (SSSR count). The normalized spacial score (nSPS) is 31.5. The Morgan fingerprint density at radius 3 is 2.59 bits per heavy atom. The zero-order valence-electron chi connectivity index (χ0n) is 10.1. The van der Waals surface area contributed by atoms with Crippen molar-refractivity contribution < 1.29 is 4.79 Å². The van der Waals surface area contributed by atoms with Gasteiger partial charge < -0.3 is 5.32 Å². The van der Waals surface area contributed by atoms with Gasteiger partial charge >= 0.3 is 0 Å². The van der Waals surface area contributed by atoms with Gasteiger partial charge in [-0.15, -0.1) is 0 Å². The molecular formula is C14H18N2O. The van der Waals surface area contributed by atoms with Crippen molar-refractivity contribution in [3.05, 3.63) is 29.6 Å². The van der Waals surface area contributed by atoms with E-state index in [1.54, 1.807) is 6.20 Å². The Morgan fingerprint density at radius 2 is 2.00 bits per heavy atom. The van der Waals surface area contributed by atoms with Crippen molar-refractivity contribution in [2.75, 3.05) is 0 Å². The van der Waals surface area contributed by atoms with E-state index in [1.165, 1.54) is 12.8 Å². The number of hydrogen-bond donors (Lipinski definition) is 1. The number of pyridine rings is 1. The van der Waals surface area contributed by atoms with E-state index in [0.29, 0.717) is 12.1 Å². The fourth-order valence-corrected chi connectivity index (χ4v) is 3.12. The maximum absolute atomic E-state index is 12.4. The molecule has 2 unspecified atom stereocenters. The third-order valence-corrected chi connectivity index (χ3v) is 4.04. The first-order valence-corrected chi connectivity index (χ1v) is 6.45. The predicted octanol–water partition coefficient (Wildman–Crippen LogP) is 2.10. The topological polar surface area (TPSA) is 42.0 Å². The third kappa shape index (κ3) is 2.12. The van der Waals surface area contributed by atoms with Gasteiger partial charge in [0, 0.05) is 35.5 Å². The second kappa shape index (κ2) is 4.22. The average Bonchev–Trinajstić information content (AvgIpc) is 2.68. The molecule has 3 heterocycles. The molecule has 0 aromatic carbocycles. The molecule has 0 aliphatic carbocycles. The Kier molecular flexibility index (Phi) is 2.71. The van der Waals surface area contributed by atoms with Crippen LogP contribution in [-0.4, -0.2) is 22.9 Å². The van der Waals surface area contributed by atoms with E-state index >= 15 is 0 Å². The molecule has 2 atom stereocenters. The number of ketones is 1. The lowest BCUT2D eigenvalue weighted by atomic mass is 9.86. The smallest absolute Gasteiger partial charge is 0.167 e. The minimum absolute atomic E-state index is 0.207. The molecule has 1 aromatic rings. The molecule has 0 amide bonds. The van der Waals surface area contributed by atoms with Gasteiger partial charge in [0.1, 0.15) is 0 Å². The van der Waals surface area contributed by atoms with Crippen LogP contribution in [0.5, 0.6) is 0 Å². The Hall–Kier alpha value is -1.22. The molecular weight excluding hydrogens is 212 g/mol. The van der Waals surface area contributed by atoms with E-state index < -0.39 is 0 Å². The van der Waals surface area contributed by atoms with Crippen LogP contribution in [0.3, 0.4) is 0 Å². The van der Waals surface area contributed by atoms with Gasteiger partial charge in [-0.05, 0) is 44.7 Å². The number of piperidine rings is 1. The SMILES string of the molecule is Cc1ccc(C(=O)C2CC3CCC(C2)N3)cn1. The van der Waals surface area contributed by atoms with Crippen LogP contribution in [0.1, 0.15) is 41.7 Å². The van der Waals surface area contributed by atoms with Gasteiger partial charge in [-0.3, -0.25) is 9.78 Å². The highest BCUT2D eigenvalue weighted by molar-refractivity contribution is 5.97. The van der Waals surface area contributed by atoms with E-state index in [1.807, 2.05) is 19.1 Å². The molecule has 1 aromatic heterocycles. The summed E-state index contributed by atoms with van der Waals surface area (Å²) in [5.41, 5.74) is 1.74. The first-order valence-electron chi connectivity index (χ1n) is 6.45. The standard InChI is InChI=1S/C14H18N2O/c1-9-2-3-10(8-15-9)14(17)11-6-12-4-5-13(7-11)16-12/h2-3,8,11-13,16H,4-7H2,1H3. The Bertz CT molecular complexity index is 414. The maximum atomic E-state index is 12.4. The van der Waals surface area contributed by atoms with Gasteiger partial charge in [-0.25, -0.2) is 0 Å². The molecule has 3 heteroatoms. The highest BCUT2D eigenvalue weighted by Crippen LogP contribution is 2.32. The van der Waals surface area contributed by atoms with Gasteiger partial charge in [0.05, 0.1) is 0 Å². The van der Waals surface area contributed by atoms with Crippen LogP contribution in [0, 0.1) is 12.8 Å². The second-order valence-corrected chi connectivity index (χ2v) is 5.36. The number of nitrogens with zero attached hydrogens (tertiary/aromatic N) is 1. The zero-order chi connectivity index (χ0) is 11.8. The Labute approximate surface area is 102 Å². The Morgan fingerprint density at radius 1 is 1.29 bits per heavy atom. The molecule has 3 nitrogen and oxygen atoms in total. The molecule has 0 spiro atoms. The van der Waals surface area contributed by atoms with Crippen molar-refractivity contribution in [3.63, 3.8) is 0 Å². The monoisotopic (exact) mass is 230 g/mol. The molecule has 2 aliphatic heterocycles. The van der Waals surface area contributed by atoms with Gasteiger partial charge in [-0.1, -0.05) is 0 Å². The van der Waals surface area contributed by atoms with Crippen LogP contribution in [0.15, 0.2) is 18.3 Å². The molecule has 0 saturated carbocycles. The number of rotatable bonds is 2. The van der Waals surface area contributed by atoms with E-state index in [9.17, 15) is 4.79 Å². The van der Waals surface area contributed by atoms with Crippen molar-refractivity contribution in [1.29, 1.82) is 0 Å². The van der Waals surface area contributed by atoms with Gasteiger partial charge in [0.15, 0.2) is 5.78 Å². The molecule has 90 valence electrons. The molecule has 2 bridgehead atoms. The van der Waals surface area contributed by atoms with Crippen LogP contribution in [-0.2, 0) is 0 Å². The average molecular weight is 230 g/mol. The number of aryl methyl sites for hydroxylation is 1. The summed E-state index contributed by atoms with van der Waals surface area (Å²) in [4.78, 5) is 16.6. The number of fused-ring (bicyclic) bond motifs is 2. The van der Waals surface area contributed by atoms with Crippen LogP contribution in [0.25, 0.3) is 0 Å². The predicted molar refractivity (Wildman–Crippen MR) is 66.0 cm³/mol. The van der Waals surface area contributed by atoms with Gasteiger partial charge in [0.2, 0.25) is 0 Å². The first kappa shape index (κ1) is 10.9. The minimum Gasteiger partial charge on any atom is -0.311 e. The van der Waals surface area contributed by atoms with Crippen molar-refractivity contribution >= 4 is 5.78 Å². The zero-order valence-corrected chi connectivity index (χ0v) is 10.1.